The van der Waals surface area contributed by atoms with Crippen molar-refractivity contribution in [3.63, 3.8) is 0 Å². The van der Waals surface area contributed by atoms with Crippen LogP contribution in [0, 0.1) is 0 Å². The lowest BCUT2D eigenvalue weighted by Gasteiger charge is -2.13. The third-order valence-electron chi connectivity index (χ3n) is 1.57. The Morgan fingerprint density at radius 3 is 2.50 bits per heavy atom. The lowest BCUT2D eigenvalue weighted by Crippen LogP contribution is -2.44. The molecule has 6 nitrogen and oxygen atoms in total. The largest absolute Gasteiger partial charge is 0.467 e. The van der Waals surface area contributed by atoms with Gasteiger partial charge in [-0.15, -0.1) is 0 Å². The van der Waals surface area contributed by atoms with Crippen LogP contribution in [0.5, 0.6) is 0 Å². The molecule has 14 heavy (non-hydrogen) atoms. The fourth-order valence-electron chi connectivity index (χ4n) is 0.827. The van der Waals surface area contributed by atoms with E-state index in [-0.39, 0.29) is 13.0 Å². The first-order valence-corrected chi connectivity index (χ1v) is 4.24. The van der Waals surface area contributed by atoms with Gasteiger partial charge in [0.1, 0.15) is 0 Å². The number of nitrogens with one attached hydrogen (secondary N) is 1. The van der Waals surface area contributed by atoms with Crippen LogP contribution in [0.15, 0.2) is 0 Å². The molecule has 1 atom stereocenters. The molecule has 0 radical (unpaired) electrons. The van der Waals surface area contributed by atoms with Gasteiger partial charge in [0.15, 0.2) is 6.04 Å². The number of esters is 1. The molecule has 6 heteroatoms. The van der Waals surface area contributed by atoms with Crippen LogP contribution >= 0.6 is 0 Å². The van der Waals surface area contributed by atoms with Crippen molar-refractivity contribution in [3.8, 4) is 0 Å². The summed E-state index contributed by atoms with van der Waals surface area (Å²) in [5, 5.41) is 19.5. The van der Waals surface area contributed by atoms with E-state index in [2.05, 4.69) is 10.1 Å². The maximum absolute atomic E-state index is 11.1. The third kappa shape index (κ3) is 4.78. The van der Waals surface area contributed by atoms with E-state index in [1.165, 1.54) is 7.11 Å². The topological polar surface area (TPSA) is 95.9 Å². The molecule has 0 bridgehead atoms. The van der Waals surface area contributed by atoms with Gasteiger partial charge in [-0.1, -0.05) is 0 Å². The number of ether oxygens (including phenoxy) is 1. The summed E-state index contributed by atoms with van der Waals surface area (Å²) in [7, 11) is 1.17. The van der Waals surface area contributed by atoms with E-state index in [4.69, 9.17) is 10.2 Å². The second-order valence-electron chi connectivity index (χ2n) is 2.65. The Morgan fingerprint density at radius 1 is 1.43 bits per heavy atom. The Morgan fingerprint density at radius 2 is 2.07 bits per heavy atom. The summed E-state index contributed by atoms with van der Waals surface area (Å²) in [6.07, 6.45) is 0.440. The highest BCUT2D eigenvalue weighted by molar-refractivity contribution is 5.84. The Balaban J connectivity index is 3.92. The minimum absolute atomic E-state index is 0.0879. The number of aliphatic hydroxyl groups is 2. The summed E-state index contributed by atoms with van der Waals surface area (Å²) in [6.45, 7) is -0.590. The maximum Gasteiger partial charge on any atom is 0.330 e. The zero-order valence-corrected chi connectivity index (χ0v) is 8.02. The van der Waals surface area contributed by atoms with Crippen LogP contribution in [-0.2, 0) is 14.3 Å². The first-order valence-electron chi connectivity index (χ1n) is 4.24. The molecule has 0 fully saturated rings. The van der Waals surface area contributed by atoms with Gasteiger partial charge >= 0.3 is 5.97 Å². The number of rotatable bonds is 6. The predicted octanol–water partition coefficient (Wildman–Crippen LogP) is -1.59. The Labute approximate surface area is 81.9 Å². The molecule has 0 spiro atoms. The summed E-state index contributed by atoms with van der Waals surface area (Å²) in [5.41, 5.74) is 0. The van der Waals surface area contributed by atoms with Gasteiger partial charge in [-0.3, -0.25) is 4.79 Å². The van der Waals surface area contributed by atoms with Crippen LogP contribution in [0.25, 0.3) is 0 Å². The lowest BCUT2D eigenvalue weighted by molar-refractivity contribution is -0.146. The van der Waals surface area contributed by atoms with Crippen molar-refractivity contribution in [1.82, 2.24) is 5.32 Å². The lowest BCUT2D eigenvalue weighted by atomic mass is 10.2. The minimum Gasteiger partial charge on any atom is -0.467 e. The number of methoxy groups -OCH3 is 1. The van der Waals surface area contributed by atoms with Gasteiger partial charge in [0, 0.05) is 13.0 Å². The van der Waals surface area contributed by atoms with Crippen molar-refractivity contribution in [3.05, 3.63) is 0 Å². The average molecular weight is 205 g/mol. The summed E-state index contributed by atoms with van der Waals surface area (Å²) >= 11 is 0. The van der Waals surface area contributed by atoms with E-state index in [1.807, 2.05) is 0 Å². The van der Waals surface area contributed by atoms with E-state index >= 15 is 0 Å². The van der Waals surface area contributed by atoms with Crippen LogP contribution in [0.4, 0.5) is 0 Å². The molecule has 0 aliphatic carbocycles. The van der Waals surface area contributed by atoms with E-state index in [0.717, 1.165) is 0 Å². The molecule has 1 amide bonds. The quantitative estimate of drug-likeness (QED) is 0.454. The Bertz CT molecular complexity index is 194. The molecule has 0 rings (SSSR count). The molecule has 0 heterocycles. The Hall–Kier alpha value is -1.14. The average Bonchev–Trinajstić information content (AvgIpc) is 2.21. The first kappa shape index (κ1) is 12.9. The van der Waals surface area contributed by atoms with E-state index in [9.17, 15) is 9.59 Å². The van der Waals surface area contributed by atoms with Gasteiger partial charge in [0.2, 0.25) is 5.91 Å². The second-order valence-corrected chi connectivity index (χ2v) is 2.65. The van der Waals surface area contributed by atoms with Crippen LogP contribution < -0.4 is 5.32 Å². The van der Waals surface area contributed by atoms with Gasteiger partial charge < -0.3 is 20.3 Å². The molecular weight excluding hydrogens is 190 g/mol. The molecule has 1 unspecified atom stereocenters. The van der Waals surface area contributed by atoms with Crippen LogP contribution in [0.2, 0.25) is 0 Å². The van der Waals surface area contributed by atoms with E-state index in [0.29, 0.717) is 6.42 Å². The molecule has 82 valence electrons. The molecule has 0 aromatic rings. The van der Waals surface area contributed by atoms with Crippen molar-refractivity contribution >= 4 is 11.9 Å². The number of hydrogen-bond acceptors (Lipinski definition) is 5. The number of carbonyl (C=O) groups excluding carboxylic acids is 2. The highest BCUT2D eigenvalue weighted by Gasteiger charge is 2.19. The number of amides is 1. The van der Waals surface area contributed by atoms with Gasteiger partial charge in [0.25, 0.3) is 0 Å². The fraction of sp³-hybridized carbons (Fsp3) is 0.750. The SMILES string of the molecule is COC(=O)C(CO)NC(=O)CCCO. The minimum atomic E-state index is -1.02. The summed E-state index contributed by atoms with van der Waals surface area (Å²) in [5.74, 6) is -1.09. The smallest absolute Gasteiger partial charge is 0.330 e. The zero-order valence-electron chi connectivity index (χ0n) is 8.02. The monoisotopic (exact) mass is 205 g/mol. The number of aliphatic hydroxyl groups excluding tert-OH is 2. The molecule has 0 aromatic heterocycles. The van der Waals surface area contributed by atoms with Gasteiger partial charge in [-0.25, -0.2) is 4.79 Å². The molecule has 0 aromatic carbocycles. The van der Waals surface area contributed by atoms with E-state index < -0.39 is 24.5 Å². The summed E-state index contributed by atoms with van der Waals surface area (Å²) in [4.78, 5) is 22.0. The van der Waals surface area contributed by atoms with Crippen LogP contribution in [-0.4, -0.2) is 48.5 Å². The molecule has 0 aliphatic rings. The fourth-order valence-corrected chi connectivity index (χ4v) is 0.827. The first-order chi connectivity index (χ1) is 6.65. The molecule has 0 saturated heterocycles. The van der Waals surface area contributed by atoms with E-state index in [1.54, 1.807) is 0 Å². The van der Waals surface area contributed by atoms with Gasteiger partial charge in [0.05, 0.1) is 13.7 Å². The number of hydrogen-bond donors (Lipinski definition) is 3. The van der Waals surface area contributed by atoms with Crippen molar-refractivity contribution < 1.29 is 24.5 Å². The molecule has 0 saturated carbocycles. The standard InChI is InChI=1S/C8H15NO5/c1-14-8(13)6(5-11)9-7(12)3-2-4-10/h6,10-11H,2-5H2,1H3,(H,9,12). The highest BCUT2D eigenvalue weighted by atomic mass is 16.5. The van der Waals surface area contributed by atoms with Crippen molar-refractivity contribution in [2.45, 2.75) is 18.9 Å². The van der Waals surface area contributed by atoms with Crippen molar-refractivity contribution in [1.29, 1.82) is 0 Å². The molecule has 3 N–H and O–H groups in total. The second kappa shape index (κ2) is 7.28. The summed E-state index contributed by atoms with van der Waals surface area (Å²) < 4.78 is 4.35. The summed E-state index contributed by atoms with van der Waals surface area (Å²) in [6, 6.07) is -1.02. The van der Waals surface area contributed by atoms with Crippen LogP contribution in [0.3, 0.4) is 0 Å². The maximum atomic E-state index is 11.1. The predicted molar refractivity (Wildman–Crippen MR) is 47.4 cm³/mol. The molecule has 0 aliphatic heterocycles. The van der Waals surface area contributed by atoms with Crippen molar-refractivity contribution in [2.75, 3.05) is 20.3 Å². The zero-order chi connectivity index (χ0) is 11.0. The van der Waals surface area contributed by atoms with Gasteiger partial charge in [-0.2, -0.15) is 0 Å². The highest BCUT2D eigenvalue weighted by Crippen LogP contribution is 1.91. The third-order valence-corrected chi connectivity index (χ3v) is 1.57. The number of carbonyl (C=O) groups is 2. The Kier molecular flexibility index (Phi) is 6.69. The molecular formula is C8H15NO5. The van der Waals surface area contributed by atoms with Crippen LogP contribution in [0.1, 0.15) is 12.8 Å². The van der Waals surface area contributed by atoms with Gasteiger partial charge in [-0.05, 0) is 6.42 Å². The normalized spacial score (nSPS) is 11.9. The van der Waals surface area contributed by atoms with Crippen molar-refractivity contribution in [2.24, 2.45) is 0 Å².